The molecule has 1 unspecified atom stereocenters. The lowest BCUT2D eigenvalue weighted by Crippen LogP contribution is -2.22. The molecule has 17 heavy (non-hydrogen) atoms. The number of hydrogen-bond donors (Lipinski definition) is 1. The van der Waals surface area contributed by atoms with Crippen LogP contribution >= 0.6 is 11.8 Å². The monoisotopic (exact) mass is 250 g/mol. The van der Waals surface area contributed by atoms with E-state index in [0.29, 0.717) is 6.04 Å². The van der Waals surface area contributed by atoms with Gasteiger partial charge in [-0.15, -0.1) is 0 Å². The van der Waals surface area contributed by atoms with Gasteiger partial charge in [-0.05, 0) is 25.7 Å². The molecule has 1 N–H and O–H groups in total. The number of nitrogens with one attached hydrogen (secondary N) is 1. The van der Waals surface area contributed by atoms with E-state index in [-0.39, 0.29) is 0 Å². The van der Waals surface area contributed by atoms with Gasteiger partial charge in [0, 0.05) is 24.2 Å². The van der Waals surface area contributed by atoms with Crippen LogP contribution in [-0.2, 0) is 0 Å². The number of aromatic nitrogens is 3. The molecule has 2 rings (SSSR count). The van der Waals surface area contributed by atoms with Gasteiger partial charge in [0.25, 0.3) is 0 Å². The number of anilines is 1. The molecule has 0 aliphatic heterocycles. The Morgan fingerprint density at radius 1 is 1.53 bits per heavy atom. The van der Waals surface area contributed by atoms with E-state index < -0.39 is 0 Å². The third kappa shape index (κ3) is 2.72. The van der Waals surface area contributed by atoms with Crippen molar-refractivity contribution in [3.63, 3.8) is 0 Å². The van der Waals surface area contributed by atoms with Crippen molar-refractivity contribution in [3.05, 3.63) is 24.2 Å². The molecule has 0 bridgehead atoms. The fourth-order valence-electron chi connectivity index (χ4n) is 1.81. The van der Waals surface area contributed by atoms with E-state index in [4.69, 9.17) is 0 Å². The highest BCUT2D eigenvalue weighted by Gasteiger charge is 2.10. The third-order valence-electron chi connectivity index (χ3n) is 2.71. The second-order valence-corrected chi connectivity index (χ2v) is 5.01. The van der Waals surface area contributed by atoms with Gasteiger partial charge in [-0.25, -0.2) is 9.50 Å². The van der Waals surface area contributed by atoms with Crippen LogP contribution in [0.3, 0.4) is 0 Å². The molecule has 0 radical (unpaired) electrons. The summed E-state index contributed by atoms with van der Waals surface area (Å²) in [5, 5.41) is 7.88. The Morgan fingerprint density at radius 2 is 2.35 bits per heavy atom. The minimum absolute atomic E-state index is 0.457. The molecule has 0 aliphatic carbocycles. The first-order valence-electron chi connectivity index (χ1n) is 5.81. The number of nitrogens with zero attached hydrogens (tertiary/aromatic N) is 3. The fraction of sp³-hybridized carbons (Fsp3) is 0.500. The molecule has 0 amide bonds. The highest BCUT2D eigenvalue weighted by atomic mass is 32.2. The van der Waals surface area contributed by atoms with E-state index in [1.54, 1.807) is 6.20 Å². The highest BCUT2D eigenvalue weighted by molar-refractivity contribution is 7.98. The van der Waals surface area contributed by atoms with Gasteiger partial charge < -0.3 is 5.32 Å². The summed E-state index contributed by atoms with van der Waals surface area (Å²) in [6.07, 6.45) is 6.88. The SMILES string of the molecule is CCC(CSC)Nc1nccn2nc(C)cc12. The first kappa shape index (κ1) is 12.2. The average Bonchev–Trinajstić information content (AvgIpc) is 2.70. The highest BCUT2D eigenvalue weighted by Crippen LogP contribution is 2.17. The molecule has 0 saturated carbocycles. The molecule has 2 aromatic heterocycles. The predicted octanol–water partition coefficient (Wildman–Crippen LogP) is 2.59. The summed E-state index contributed by atoms with van der Waals surface area (Å²) in [4.78, 5) is 4.41. The molecular weight excluding hydrogens is 232 g/mol. The van der Waals surface area contributed by atoms with Crippen molar-refractivity contribution in [3.8, 4) is 0 Å². The number of hydrogen-bond acceptors (Lipinski definition) is 4. The van der Waals surface area contributed by atoms with Gasteiger partial charge in [-0.1, -0.05) is 6.92 Å². The van der Waals surface area contributed by atoms with Crippen molar-refractivity contribution in [2.45, 2.75) is 26.3 Å². The maximum absolute atomic E-state index is 4.41. The smallest absolute Gasteiger partial charge is 0.152 e. The molecule has 5 heteroatoms. The normalized spacial score (nSPS) is 12.9. The lowest BCUT2D eigenvalue weighted by Gasteiger charge is -2.16. The van der Waals surface area contributed by atoms with Crippen LogP contribution in [0.2, 0.25) is 0 Å². The number of aryl methyl sites for hydroxylation is 1. The second kappa shape index (κ2) is 5.40. The summed E-state index contributed by atoms with van der Waals surface area (Å²) in [5.41, 5.74) is 2.06. The van der Waals surface area contributed by atoms with Crippen LogP contribution in [0.15, 0.2) is 18.5 Å². The second-order valence-electron chi connectivity index (χ2n) is 4.10. The fourth-order valence-corrected chi connectivity index (χ4v) is 2.53. The van der Waals surface area contributed by atoms with Gasteiger partial charge in [0.15, 0.2) is 5.82 Å². The Morgan fingerprint density at radius 3 is 3.06 bits per heavy atom. The summed E-state index contributed by atoms with van der Waals surface area (Å²) in [5.74, 6) is 2.01. The van der Waals surface area contributed by atoms with E-state index in [1.165, 1.54) is 0 Å². The summed E-state index contributed by atoms with van der Waals surface area (Å²) in [6, 6.07) is 2.51. The van der Waals surface area contributed by atoms with Gasteiger partial charge in [-0.2, -0.15) is 16.9 Å². The van der Waals surface area contributed by atoms with Crippen LogP contribution in [0.5, 0.6) is 0 Å². The molecule has 0 fully saturated rings. The van der Waals surface area contributed by atoms with Gasteiger partial charge >= 0.3 is 0 Å². The quantitative estimate of drug-likeness (QED) is 0.885. The minimum atomic E-state index is 0.457. The van der Waals surface area contributed by atoms with E-state index in [2.05, 4.69) is 34.6 Å². The minimum Gasteiger partial charge on any atom is -0.365 e. The van der Waals surface area contributed by atoms with Crippen molar-refractivity contribution in [1.82, 2.24) is 14.6 Å². The van der Waals surface area contributed by atoms with Gasteiger partial charge in [0.05, 0.1) is 5.69 Å². The molecule has 2 aromatic rings. The Labute approximate surface area is 106 Å². The van der Waals surface area contributed by atoms with E-state index in [0.717, 1.165) is 29.2 Å². The van der Waals surface area contributed by atoms with Crippen molar-refractivity contribution in [2.75, 3.05) is 17.3 Å². The molecule has 92 valence electrons. The van der Waals surface area contributed by atoms with E-state index in [1.807, 2.05) is 29.4 Å². The van der Waals surface area contributed by atoms with Crippen LogP contribution in [0.1, 0.15) is 19.0 Å². The molecule has 1 atom stereocenters. The topological polar surface area (TPSA) is 42.2 Å². The van der Waals surface area contributed by atoms with Crippen LogP contribution in [-0.4, -0.2) is 32.6 Å². The van der Waals surface area contributed by atoms with Crippen molar-refractivity contribution in [1.29, 1.82) is 0 Å². The first-order chi connectivity index (χ1) is 8.24. The zero-order chi connectivity index (χ0) is 12.3. The maximum atomic E-state index is 4.41. The van der Waals surface area contributed by atoms with Crippen LogP contribution in [0, 0.1) is 6.92 Å². The molecule has 0 aliphatic rings. The lowest BCUT2D eigenvalue weighted by atomic mass is 10.2. The van der Waals surface area contributed by atoms with E-state index in [9.17, 15) is 0 Å². The zero-order valence-corrected chi connectivity index (χ0v) is 11.3. The van der Waals surface area contributed by atoms with E-state index >= 15 is 0 Å². The maximum Gasteiger partial charge on any atom is 0.152 e. The summed E-state index contributed by atoms with van der Waals surface area (Å²) in [7, 11) is 0. The summed E-state index contributed by atoms with van der Waals surface area (Å²) in [6.45, 7) is 4.19. The molecular formula is C12H18N4S. The Kier molecular flexibility index (Phi) is 3.89. The van der Waals surface area contributed by atoms with Gasteiger partial charge in [0.2, 0.25) is 0 Å². The van der Waals surface area contributed by atoms with Crippen molar-refractivity contribution in [2.24, 2.45) is 0 Å². The Hall–Kier alpha value is -1.23. The molecule has 0 aromatic carbocycles. The number of thioether (sulfide) groups is 1. The van der Waals surface area contributed by atoms with Gasteiger partial charge in [-0.3, -0.25) is 0 Å². The summed E-state index contributed by atoms with van der Waals surface area (Å²) >= 11 is 1.85. The Balaban J connectivity index is 2.28. The van der Waals surface area contributed by atoms with Crippen LogP contribution in [0.25, 0.3) is 5.52 Å². The number of rotatable bonds is 5. The summed E-state index contributed by atoms with van der Waals surface area (Å²) < 4.78 is 1.87. The first-order valence-corrected chi connectivity index (χ1v) is 7.20. The molecule has 4 nitrogen and oxygen atoms in total. The lowest BCUT2D eigenvalue weighted by molar-refractivity contribution is 0.769. The molecule has 0 saturated heterocycles. The Bertz CT molecular complexity index is 494. The predicted molar refractivity (Wildman–Crippen MR) is 73.8 cm³/mol. The van der Waals surface area contributed by atoms with Gasteiger partial charge in [0.1, 0.15) is 5.52 Å². The molecule has 2 heterocycles. The third-order valence-corrected chi connectivity index (χ3v) is 3.45. The van der Waals surface area contributed by atoms with Crippen molar-refractivity contribution < 1.29 is 0 Å². The zero-order valence-electron chi connectivity index (χ0n) is 10.5. The average molecular weight is 250 g/mol. The standard InChI is InChI=1S/C12H18N4S/c1-4-10(8-17-3)14-12-11-7-9(2)15-16(11)6-5-13-12/h5-7,10H,4,8H2,1-3H3,(H,13,14). The largest absolute Gasteiger partial charge is 0.365 e. The molecule has 0 spiro atoms. The van der Waals surface area contributed by atoms with Crippen LogP contribution < -0.4 is 5.32 Å². The van der Waals surface area contributed by atoms with Crippen LogP contribution in [0.4, 0.5) is 5.82 Å². The number of fused-ring (bicyclic) bond motifs is 1. The van der Waals surface area contributed by atoms with Crippen molar-refractivity contribution >= 4 is 23.1 Å².